The van der Waals surface area contributed by atoms with Gasteiger partial charge in [-0.25, -0.2) is 42.9 Å². The summed E-state index contributed by atoms with van der Waals surface area (Å²) in [6.07, 6.45) is 11.3. The van der Waals surface area contributed by atoms with Crippen molar-refractivity contribution in [3.05, 3.63) is 73.9 Å². The van der Waals surface area contributed by atoms with E-state index in [2.05, 4.69) is 29.9 Å². The first-order chi connectivity index (χ1) is 22.6. The van der Waals surface area contributed by atoms with Crippen LogP contribution in [0.15, 0.2) is 78.8 Å². The van der Waals surface area contributed by atoms with Gasteiger partial charge < -0.3 is 25.5 Å². The van der Waals surface area contributed by atoms with Crippen LogP contribution in [0.1, 0.15) is 12.5 Å². The van der Waals surface area contributed by atoms with Crippen molar-refractivity contribution < 1.29 is 36.0 Å². The lowest BCUT2D eigenvalue weighted by Gasteiger charge is -2.22. The summed E-state index contributed by atoms with van der Waals surface area (Å²) in [5.41, 5.74) is 13.6. The summed E-state index contributed by atoms with van der Waals surface area (Å²) in [6.45, 7) is -0.441. The molecule has 20 heteroatoms. The van der Waals surface area contributed by atoms with Crippen LogP contribution in [0.3, 0.4) is 0 Å². The molecule has 0 bridgehead atoms. The Bertz CT molecular complexity index is 2060. The summed E-state index contributed by atoms with van der Waals surface area (Å²) in [5.74, 6) is 0.534. The Morgan fingerprint density at radius 2 is 1.26 bits per heavy atom. The molecule has 0 unspecified atom stereocenters. The van der Waals surface area contributed by atoms with Crippen molar-refractivity contribution in [3.8, 4) is 5.75 Å². The molecule has 18 nitrogen and oxygen atoms in total. The minimum atomic E-state index is -4.34. The Morgan fingerprint density at radius 1 is 0.766 bits per heavy atom. The second-order valence-electron chi connectivity index (χ2n) is 10.4. The summed E-state index contributed by atoms with van der Waals surface area (Å²) in [4.78, 5) is 24.9. The zero-order chi connectivity index (χ0) is 32.8. The molecule has 4 N–H and O–H groups in total. The fraction of sp³-hybridized carbons (Fsp3) is 0.259. The molecule has 0 saturated carbocycles. The van der Waals surface area contributed by atoms with Gasteiger partial charge in [-0.15, -0.1) is 0 Å². The van der Waals surface area contributed by atoms with Crippen LogP contribution in [0.2, 0.25) is 0 Å². The fourth-order valence-electron chi connectivity index (χ4n) is 4.89. The van der Waals surface area contributed by atoms with Gasteiger partial charge in [0.05, 0.1) is 30.8 Å². The smallest absolute Gasteiger partial charge is 0.404 e. The number of fused-ring (bicyclic) bond motifs is 2. The Balaban J connectivity index is 1.03. The van der Waals surface area contributed by atoms with Crippen LogP contribution in [0.5, 0.6) is 5.75 Å². The molecule has 4 aromatic heterocycles. The number of ether oxygens (including phenoxy) is 2. The van der Waals surface area contributed by atoms with E-state index in [0.29, 0.717) is 22.3 Å². The van der Waals surface area contributed by atoms with Crippen LogP contribution < -0.4 is 16.0 Å². The van der Waals surface area contributed by atoms with E-state index in [-0.39, 0.29) is 35.5 Å². The first-order valence-corrected chi connectivity index (χ1v) is 17.3. The monoisotopic (exact) mass is 682 g/mol. The highest BCUT2D eigenvalue weighted by Crippen LogP contribution is 2.50. The standard InChI is InChI=1S/C27H27N10O8PS/c1-47(39,40)19-6-2-16(3-7-19)45-46(38,41-10-17-4-8-20(43-17)36-14-34-22-24(28)30-12-32-26(22)36)42-11-18-5-9-21(44-18)37-15-35-23-25(29)31-13-33-27(23)37/h2-9,12-15,17-18,20-21H,10-11H2,1H3,(H2,28,30,32)(H2,29,31,33)/t17-,18-,20+,21+/m0/s1. The van der Waals surface area contributed by atoms with Gasteiger partial charge >= 0.3 is 7.82 Å². The average molecular weight is 683 g/mol. The lowest BCUT2D eigenvalue weighted by Crippen LogP contribution is -2.20. The van der Waals surface area contributed by atoms with Crippen LogP contribution in [0.25, 0.3) is 22.3 Å². The molecule has 0 spiro atoms. The number of aromatic nitrogens is 8. The van der Waals surface area contributed by atoms with Crippen molar-refractivity contribution in [1.29, 1.82) is 0 Å². The third kappa shape index (κ3) is 6.31. The molecular weight excluding hydrogens is 655 g/mol. The number of benzene rings is 1. The Morgan fingerprint density at radius 3 is 1.72 bits per heavy atom. The third-order valence-corrected chi connectivity index (χ3v) is 9.69. The second-order valence-corrected chi connectivity index (χ2v) is 14.0. The molecular formula is C27H27N10O8PS. The first kappa shape index (κ1) is 30.9. The summed E-state index contributed by atoms with van der Waals surface area (Å²) < 4.78 is 70.4. The van der Waals surface area contributed by atoms with Gasteiger partial charge in [-0.05, 0) is 36.4 Å². The molecule has 244 valence electrons. The van der Waals surface area contributed by atoms with E-state index in [0.717, 1.165) is 6.26 Å². The Hall–Kier alpha value is -4.78. The summed E-state index contributed by atoms with van der Waals surface area (Å²) >= 11 is 0. The van der Waals surface area contributed by atoms with Crippen molar-refractivity contribution >= 4 is 51.6 Å². The van der Waals surface area contributed by atoms with Crippen molar-refractivity contribution in [2.75, 3.05) is 30.9 Å². The lowest BCUT2D eigenvalue weighted by molar-refractivity contribution is -0.0205. The second kappa shape index (κ2) is 12.1. The number of phosphoric ester groups is 1. The average Bonchev–Trinajstić information content (AvgIpc) is 3.85. The van der Waals surface area contributed by atoms with Gasteiger partial charge in [0.15, 0.2) is 45.2 Å². The van der Waals surface area contributed by atoms with Crippen LogP contribution in [0.4, 0.5) is 11.6 Å². The Kier molecular flexibility index (Phi) is 7.95. The van der Waals surface area contributed by atoms with Crippen LogP contribution in [-0.4, -0.2) is 79.1 Å². The maximum Gasteiger partial charge on any atom is 0.530 e. The van der Waals surface area contributed by atoms with Crippen molar-refractivity contribution in [1.82, 2.24) is 39.0 Å². The molecule has 0 fully saturated rings. The number of imidazole rings is 2. The molecule has 5 aromatic rings. The number of hydrogen-bond donors (Lipinski definition) is 2. The summed E-state index contributed by atoms with van der Waals surface area (Å²) in [6, 6.07) is 5.37. The quantitative estimate of drug-likeness (QED) is 0.150. The number of nitrogen functional groups attached to an aromatic ring is 2. The maximum absolute atomic E-state index is 14.0. The van der Waals surface area contributed by atoms with E-state index >= 15 is 0 Å². The molecule has 0 radical (unpaired) electrons. The number of sulfone groups is 1. The molecule has 1 aromatic carbocycles. The minimum absolute atomic E-state index is 0.0608. The SMILES string of the molecule is CS(=O)(=O)c1ccc(OP(=O)(OC[C@@H]2C=C[C@H](n3cnc4c(N)ncnc43)O2)OC[C@@H]2C=C[C@H](n3cnc4c(N)ncnc43)O2)cc1. The van der Waals surface area contributed by atoms with E-state index in [9.17, 15) is 13.0 Å². The highest BCUT2D eigenvalue weighted by Gasteiger charge is 2.34. The molecule has 7 rings (SSSR count). The van der Waals surface area contributed by atoms with Gasteiger partial charge in [0.1, 0.15) is 41.6 Å². The van der Waals surface area contributed by atoms with E-state index in [4.69, 9.17) is 34.5 Å². The number of nitrogens with zero attached hydrogens (tertiary/aromatic N) is 8. The number of hydrogen-bond acceptors (Lipinski definition) is 16. The van der Waals surface area contributed by atoms with Crippen LogP contribution in [-0.2, 0) is 32.9 Å². The molecule has 6 heterocycles. The van der Waals surface area contributed by atoms with E-state index < -0.39 is 42.3 Å². The van der Waals surface area contributed by atoms with E-state index in [1.54, 1.807) is 33.4 Å². The normalized spacial score (nSPS) is 21.3. The fourth-order valence-corrected chi connectivity index (χ4v) is 6.74. The number of nitrogens with two attached hydrogens (primary N) is 2. The Labute approximate surface area is 266 Å². The zero-order valence-corrected chi connectivity index (χ0v) is 26.2. The predicted molar refractivity (Wildman–Crippen MR) is 165 cm³/mol. The first-order valence-electron chi connectivity index (χ1n) is 14.0. The molecule has 2 aliphatic heterocycles. The van der Waals surface area contributed by atoms with Gasteiger partial charge in [-0.3, -0.25) is 18.2 Å². The van der Waals surface area contributed by atoms with Crippen LogP contribution in [0, 0.1) is 0 Å². The topological polar surface area (TPSA) is 237 Å². The highest BCUT2D eigenvalue weighted by molar-refractivity contribution is 7.90. The van der Waals surface area contributed by atoms with Gasteiger partial charge in [0, 0.05) is 6.26 Å². The van der Waals surface area contributed by atoms with Crippen molar-refractivity contribution in [2.24, 2.45) is 0 Å². The van der Waals surface area contributed by atoms with Gasteiger partial charge in [0.25, 0.3) is 0 Å². The third-order valence-electron chi connectivity index (χ3n) is 7.19. The number of anilines is 2. The zero-order valence-electron chi connectivity index (χ0n) is 24.5. The molecule has 4 atom stereocenters. The number of phosphoric acid groups is 1. The predicted octanol–water partition coefficient (Wildman–Crippen LogP) is 2.36. The van der Waals surface area contributed by atoms with E-state index in [1.807, 2.05) is 0 Å². The molecule has 0 aliphatic carbocycles. The molecule has 47 heavy (non-hydrogen) atoms. The van der Waals surface area contributed by atoms with Crippen molar-refractivity contribution in [2.45, 2.75) is 29.6 Å². The highest BCUT2D eigenvalue weighted by atomic mass is 32.2. The van der Waals surface area contributed by atoms with Gasteiger partial charge in [0.2, 0.25) is 0 Å². The lowest BCUT2D eigenvalue weighted by atomic mass is 10.3. The summed E-state index contributed by atoms with van der Waals surface area (Å²) in [7, 11) is -7.81. The molecule has 2 aliphatic rings. The van der Waals surface area contributed by atoms with E-state index in [1.165, 1.54) is 49.6 Å². The molecule has 0 saturated heterocycles. The molecule has 0 amide bonds. The maximum atomic E-state index is 14.0. The summed E-state index contributed by atoms with van der Waals surface area (Å²) in [5, 5.41) is 0. The number of rotatable bonds is 11. The van der Waals surface area contributed by atoms with Gasteiger partial charge in [-0.2, -0.15) is 0 Å². The minimum Gasteiger partial charge on any atom is -0.404 e. The largest absolute Gasteiger partial charge is 0.530 e. The van der Waals surface area contributed by atoms with Gasteiger partial charge in [-0.1, -0.05) is 12.2 Å². The van der Waals surface area contributed by atoms with Crippen LogP contribution >= 0.6 is 7.82 Å². The van der Waals surface area contributed by atoms with Crippen molar-refractivity contribution in [3.63, 3.8) is 0 Å².